The zero-order chi connectivity index (χ0) is 13.0. The molecule has 0 unspecified atom stereocenters. The summed E-state index contributed by atoms with van der Waals surface area (Å²) in [7, 11) is 1.57. The molecule has 0 saturated carbocycles. The topological polar surface area (TPSA) is 38.7 Å². The van der Waals surface area contributed by atoms with Crippen LogP contribution in [-0.4, -0.2) is 12.2 Å². The quantitative estimate of drug-likeness (QED) is 0.897. The van der Waals surface area contributed by atoms with Crippen molar-refractivity contribution < 1.29 is 14.6 Å². The number of hydrogen-bond donors (Lipinski definition) is 1. The summed E-state index contributed by atoms with van der Waals surface area (Å²) in [6.45, 7) is 2.43. The molecule has 18 heavy (non-hydrogen) atoms. The van der Waals surface area contributed by atoms with Crippen LogP contribution >= 0.6 is 0 Å². The molecule has 0 spiro atoms. The van der Waals surface area contributed by atoms with E-state index in [1.807, 2.05) is 31.2 Å². The Morgan fingerprint density at radius 3 is 2.67 bits per heavy atom. The maximum Gasteiger partial charge on any atom is 0.129 e. The van der Waals surface area contributed by atoms with E-state index in [9.17, 15) is 5.11 Å². The van der Waals surface area contributed by atoms with Gasteiger partial charge >= 0.3 is 0 Å². The minimum Gasteiger partial charge on any atom is -0.508 e. The first-order valence-corrected chi connectivity index (χ1v) is 5.74. The summed E-state index contributed by atoms with van der Waals surface area (Å²) in [5.74, 6) is 1.64. The molecule has 3 nitrogen and oxygen atoms in total. The maximum atomic E-state index is 9.37. The van der Waals surface area contributed by atoms with Gasteiger partial charge < -0.3 is 14.6 Å². The number of benzene rings is 2. The van der Waals surface area contributed by atoms with Crippen LogP contribution in [-0.2, 0) is 6.61 Å². The van der Waals surface area contributed by atoms with Crippen molar-refractivity contribution in [3.8, 4) is 17.2 Å². The maximum absolute atomic E-state index is 9.37. The van der Waals surface area contributed by atoms with E-state index >= 15 is 0 Å². The monoisotopic (exact) mass is 244 g/mol. The predicted octanol–water partition coefficient (Wildman–Crippen LogP) is 3.29. The fourth-order valence-corrected chi connectivity index (χ4v) is 1.72. The molecule has 2 rings (SSSR count). The second-order valence-corrected chi connectivity index (χ2v) is 4.10. The SMILES string of the molecule is COc1cc(O)ccc1COc1cccc(C)c1. The van der Waals surface area contributed by atoms with Gasteiger partial charge in [-0.3, -0.25) is 0 Å². The normalized spacial score (nSPS) is 10.1. The molecule has 0 bridgehead atoms. The van der Waals surface area contributed by atoms with E-state index in [2.05, 4.69) is 0 Å². The van der Waals surface area contributed by atoms with E-state index in [-0.39, 0.29) is 5.75 Å². The van der Waals surface area contributed by atoms with Crippen LogP contribution in [0.25, 0.3) is 0 Å². The van der Waals surface area contributed by atoms with E-state index in [4.69, 9.17) is 9.47 Å². The van der Waals surface area contributed by atoms with Gasteiger partial charge in [0, 0.05) is 11.6 Å². The van der Waals surface area contributed by atoms with E-state index < -0.39 is 0 Å². The van der Waals surface area contributed by atoms with Crippen molar-refractivity contribution in [2.24, 2.45) is 0 Å². The van der Waals surface area contributed by atoms with Gasteiger partial charge in [0.1, 0.15) is 23.9 Å². The first kappa shape index (κ1) is 12.3. The van der Waals surface area contributed by atoms with Gasteiger partial charge in [0.2, 0.25) is 0 Å². The summed E-state index contributed by atoms with van der Waals surface area (Å²) < 4.78 is 10.9. The van der Waals surface area contributed by atoms with Crippen molar-refractivity contribution in [3.63, 3.8) is 0 Å². The highest BCUT2D eigenvalue weighted by Gasteiger charge is 2.05. The zero-order valence-electron chi connectivity index (χ0n) is 10.5. The number of phenols is 1. The fraction of sp³-hybridized carbons (Fsp3) is 0.200. The molecule has 0 fully saturated rings. The Balaban J connectivity index is 2.10. The lowest BCUT2D eigenvalue weighted by Crippen LogP contribution is -1.98. The van der Waals surface area contributed by atoms with Crippen molar-refractivity contribution in [2.75, 3.05) is 7.11 Å². The average molecular weight is 244 g/mol. The lowest BCUT2D eigenvalue weighted by atomic mass is 10.2. The first-order chi connectivity index (χ1) is 8.69. The Morgan fingerprint density at radius 1 is 1.11 bits per heavy atom. The Labute approximate surface area is 107 Å². The molecule has 0 aliphatic carbocycles. The molecule has 2 aromatic carbocycles. The summed E-state index contributed by atoms with van der Waals surface area (Å²) in [5.41, 5.74) is 2.06. The van der Waals surface area contributed by atoms with Crippen molar-refractivity contribution in [1.82, 2.24) is 0 Å². The van der Waals surface area contributed by atoms with E-state index in [1.54, 1.807) is 25.3 Å². The summed E-state index contributed by atoms with van der Waals surface area (Å²) in [4.78, 5) is 0. The number of rotatable bonds is 4. The van der Waals surface area contributed by atoms with Crippen molar-refractivity contribution in [3.05, 3.63) is 53.6 Å². The van der Waals surface area contributed by atoms with Crippen LogP contribution in [0.2, 0.25) is 0 Å². The second kappa shape index (κ2) is 5.45. The molecule has 0 amide bonds. The molecule has 0 radical (unpaired) electrons. The third-order valence-corrected chi connectivity index (χ3v) is 2.65. The van der Waals surface area contributed by atoms with Gasteiger partial charge in [0.05, 0.1) is 7.11 Å². The van der Waals surface area contributed by atoms with Crippen LogP contribution in [0.1, 0.15) is 11.1 Å². The molecule has 0 atom stereocenters. The van der Waals surface area contributed by atoms with E-state index in [1.165, 1.54) is 0 Å². The summed E-state index contributed by atoms with van der Waals surface area (Å²) >= 11 is 0. The standard InChI is InChI=1S/C15H16O3/c1-11-4-3-5-14(8-11)18-10-12-6-7-13(16)9-15(12)17-2/h3-9,16H,10H2,1-2H3. The van der Waals surface area contributed by atoms with Gasteiger partial charge in [-0.15, -0.1) is 0 Å². The predicted molar refractivity (Wildman–Crippen MR) is 70.2 cm³/mol. The molecule has 1 N–H and O–H groups in total. The number of methoxy groups -OCH3 is 1. The highest BCUT2D eigenvalue weighted by Crippen LogP contribution is 2.25. The fourth-order valence-electron chi connectivity index (χ4n) is 1.72. The summed E-state index contributed by atoms with van der Waals surface area (Å²) in [6.07, 6.45) is 0. The number of hydrogen-bond acceptors (Lipinski definition) is 3. The molecule has 3 heteroatoms. The lowest BCUT2D eigenvalue weighted by Gasteiger charge is -2.11. The largest absolute Gasteiger partial charge is 0.508 e. The molecule has 0 aliphatic heterocycles. The van der Waals surface area contributed by atoms with Gasteiger partial charge in [-0.2, -0.15) is 0 Å². The number of phenolic OH excluding ortho intramolecular Hbond substituents is 1. The van der Waals surface area contributed by atoms with Gasteiger partial charge in [0.15, 0.2) is 0 Å². The van der Waals surface area contributed by atoms with Crippen LogP contribution in [0.5, 0.6) is 17.2 Å². The zero-order valence-corrected chi connectivity index (χ0v) is 10.5. The molecule has 0 aliphatic rings. The van der Waals surface area contributed by atoms with Crippen LogP contribution in [0.4, 0.5) is 0 Å². The third-order valence-electron chi connectivity index (χ3n) is 2.65. The number of aromatic hydroxyl groups is 1. The summed E-state index contributed by atoms with van der Waals surface area (Å²) in [5, 5.41) is 9.37. The Kier molecular flexibility index (Phi) is 3.72. The van der Waals surface area contributed by atoms with Crippen molar-refractivity contribution in [1.29, 1.82) is 0 Å². The second-order valence-electron chi connectivity index (χ2n) is 4.10. The molecular formula is C15H16O3. The molecule has 0 heterocycles. The Bertz CT molecular complexity index is 535. The molecule has 0 saturated heterocycles. The minimum absolute atomic E-state index is 0.186. The highest BCUT2D eigenvalue weighted by molar-refractivity contribution is 5.40. The Morgan fingerprint density at radius 2 is 1.94 bits per heavy atom. The van der Waals surface area contributed by atoms with Gasteiger partial charge in [0.25, 0.3) is 0 Å². The third kappa shape index (κ3) is 2.94. The van der Waals surface area contributed by atoms with Gasteiger partial charge in [-0.1, -0.05) is 12.1 Å². The molecule has 2 aromatic rings. The lowest BCUT2D eigenvalue weighted by molar-refractivity contribution is 0.296. The molecule has 94 valence electrons. The highest BCUT2D eigenvalue weighted by atomic mass is 16.5. The van der Waals surface area contributed by atoms with E-state index in [0.717, 1.165) is 16.9 Å². The number of aryl methyl sites for hydroxylation is 1. The Hall–Kier alpha value is -2.16. The smallest absolute Gasteiger partial charge is 0.129 e. The van der Waals surface area contributed by atoms with E-state index in [0.29, 0.717) is 12.4 Å². The first-order valence-electron chi connectivity index (χ1n) is 5.74. The number of ether oxygens (including phenoxy) is 2. The van der Waals surface area contributed by atoms with Crippen LogP contribution in [0.3, 0.4) is 0 Å². The van der Waals surface area contributed by atoms with Crippen LogP contribution in [0.15, 0.2) is 42.5 Å². The summed E-state index contributed by atoms with van der Waals surface area (Å²) in [6, 6.07) is 12.9. The van der Waals surface area contributed by atoms with Crippen LogP contribution < -0.4 is 9.47 Å². The van der Waals surface area contributed by atoms with Crippen molar-refractivity contribution >= 4 is 0 Å². The molecular weight excluding hydrogens is 228 g/mol. The van der Waals surface area contributed by atoms with Gasteiger partial charge in [-0.05, 0) is 36.8 Å². The van der Waals surface area contributed by atoms with Crippen LogP contribution in [0, 0.1) is 6.92 Å². The molecule has 0 aromatic heterocycles. The van der Waals surface area contributed by atoms with Gasteiger partial charge in [-0.25, -0.2) is 0 Å². The minimum atomic E-state index is 0.186. The van der Waals surface area contributed by atoms with Crippen molar-refractivity contribution in [2.45, 2.75) is 13.5 Å². The average Bonchev–Trinajstić information content (AvgIpc) is 2.37.